The van der Waals surface area contributed by atoms with Crippen LogP contribution in [0.25, 0.3) is 0 Å². The minimum Gasteiger partial charge on any atom is -0.463 e. The molecule has 0 atom stereocenters. The lowest BCUT2D eigenvalue weighted by Gasteiger charge is -2.51. The Morgan fingerprint density at radius 1 is 1.00 bits per heavy atom. The molecule has 0 heterocycles. The number of alkyl halides is 1. The van der Waals surface area contributed by atoms with Crippen LogP contribution in [0.15, 0.2) is 0 Å². The van der Waals surface area contributed by atoms with Crippen molar-refractivity contribution < 1.29 is 24.2 Å². The zero-order chi connectivity index (χ0) is 15.3. The summed E-state index contributed by atoms with van der Waals surface area (Å²) in [5.41, 5.74) is 0.0133. The van der Waals surface area contributed by atoms with Crippen molar-refractivity contribution in [2.75, 3.05) is 25.7 Å². The molecule has 0 aromatic heterocycles. The predicted molar refractivity (Wildman–Crippen MR) is 76.9 cm³/mol. The Kier molecular flexibility index (Phi) is 5.49. The van der Waals surface area contributed by atoms with Crippen LogP contribution in [-0.4, -0.2) is 42.7 Å². The molecule has 1 N–H and O–H groups in total. The van der Waals surface area contributed by atoms with Gasteiger partial charge in [0.1, 0.15) is 5.88 Å². The van der Waals surface area contributed by atoms with Crippen LogP contribution in [-0.2, 0) is 19.1 Å². The van der Waals surface area contributed by atoms with E-state index in [4.69, 9.17) is 16.3 Å². The van der Waals surface area contributed by atoms with Gasteiger partial charge in [-0.3, -0.25) is 4.79 Å². The first kappa shape index (κ1) is 16.6. The highest BCUT2D eigenvalue weighted by Gasteiger charge is 2.48. The zero-order valence-electron chi connectivity index (χ0n) is 12.2. The van der Waals surface area contributed by atoms with E-state index in [0.717, 1.165) is 44.9 Å². The Morgan fingerprint density at radius 2 is 1.62 bits per heavy atom. The van der Waals surface area contributed by atoms with Gasteiger partial charge in [-0.05, 0) is 37.5 Å². The third-order valence-corrected chi connectivity index (χ3v) is 5.13. The average molecular weight is 319 g/mol. The van der Waals surface area contributed by atoms with Crippen molar-refractivity contribution in [1.82, 2.24) is 0 Å². The van der Waals surface area contributed by atoms with Gasteiger partial charge in [0.25, 0.3) is 0 Å². The molecule has 5 nitrogen and oxygen atoms in total. The van der Waals surface area contributed by atoms with Crippen LogP contribution in [0.4, 0.5) is 0 Å². The summed E-state index contributed by atoms with van der Waals surface area (Å²) in [7, 11) is 0. The van der Waals surface area contributed by atoms with Gasteiger partial charge in [-0.15, -0.1) is 11.6 Å². The van der Waals surface area contributed by atoms with Crippen LogP contribution in [0.5, 0.6) is 0 Å². The lowest BCUT2D eigenvalue weighted by molar-refractivity contribution is -0.163. The lowest BCUT2D eigenvalue weighted by atomic mass is 9.55. The molecular formula is C15H23ClO5. The lowest BCUT2D eigenvalue weighted by Crippen LogP contribution is -2.45. The van der Waals surface area contributed by atoms with Gasteiger partial charge in [-0.1, -0.05) is 12.8 Å². The first-order chi connectivity index (χ1) is 10.0. The Hall–Kier alpha value is -0.810. The number of esters is 2. The molecule has 0 unspecified atom stereocenters. The second-order valence-corrected chi connectivity index (χ2v) is 6.76. The van der Waals surface area contributed by atoms with Crippen molar-refractivity contribution in [2.24, 2.45) is 10.8 Å². The number of aliphatic hydroxyl groups is 1. The molecule has 0 amide bonds. The molecule has 2 fully saturated rings. The van der Waals surface area contributed by atoms with Crippen LogP contribution in [0, 0.1) is 10.8 Å². The monoisotopic (exact) mass is 318 g/mol. The van der Waals surface area contributed by atoms with Gasteiger partial charge >= 0.3 is 11.9 Å². The Balaban J connectivity index is 1.84. The third-order valence-electron chi connectivity index (χ3n) is 4.91. The van der Waals surface area contributed by atoms with E-state index in [-0.39, 0.29) is 29.9 Å². The minimum absolute atomic E-state index is 0.00855. The van der Waals surface area contributed by atoms with E-state index in [1.54, 1.807) is 0 Å². The number of ether oxygens (including phenoxy) is 2. The van der Waals surface area contributed by atoms with Crippen molar-refractivity contribution >= 4 is 23.5 Å². The molecule has 21 heavy (non-hydrogen) atoms. The molecule has 6 heteroatoms. The summed E-state index contributed by atoms with van der Waals surface area (Å²) in [6, 6.07) is 0. The van der Waals surface area contributed by atoms with Crippen LogP contribution in [0.2, 0.25) is 0 Å². The topological polar surface area (TPSA) is 72.8 Å². The first-order valence-electron chi connectivity index (χ1n) is 7.51. The Bertz CT molecular complexity index is 386. The van der Waals surface area contributed by atoms with Gasteiger partial charge in [-0.2, -0.15) is 0 Å². The highest BCUT2D eigenvalue weighted by atomic mass is 35.5. The Morgan fingerprint density at radius 3 is 2.19 bits per heavy atom. The number of halogens is 1. The fourth-order valence-electron chi connectivity index (χ4n) is 3.94. The van der Waals surface area contributed by atoms with E-state index in [1.807, 2.05) is 0 Å². The molecule has 0 aromatic rings. The molecular weight excluding hydrogens is 296 g/mol. The maximum atomic E-state index is 11.6. The van der Waals surface area contributed by atoms with Crippen LogP contribution in [0.3, 0.4) is 0 Å². The molecule has 0 spiro atoms. The van der Waals surface area contributed by atoms with Crippen molar-refractivity contribution in [3.8, 4) is 0 Å². The van der Waals surface area contributed by atoms with Gasteiger partial charge < -0.3 is 14.6 Å². The third kappa shape index (κ3) is 4.10. The molecule has 120 valence electrons. The molecule has 2 aliphatic carbocycles. The van der Waals surface area contributed by atoms with Crippen LogP contribution >= 0.6 is 11.6 Å². The number of rotatable bonds is 6. The molecule has 0 aromatic carbocycles. The largest absolute Gasteiger partial charge is 0.463 e. The summed E-state index contributed by atoms with van der Waals surface area (Å²) in [5.74, 6) is -1.43. The highest BCUT2D eigenvalue weighted by molar-refractivity contribution is 6.26. The van der Waals surface area contributed by atoms with Crippen molar-refractivity contribution in [1.29, 1.82) is 0 Å². The van der Waals surface area contributed by atoms with E-state index in [2.05, 4.69) is 4.74 Å². The normalized spacial score (nSPS) is 31.5. The zero-order valence-corrected chi connectivity index (χ0v) is 13.0. The smallest absolute Gasteiger partial charge is 0.344 e. The van der Waals surface area contributed by atoms with Gasteiger partial charge in [0.15, 0.2) is 6.61 Å². The maximum Gasteiger partial charge on any atom is 0.344 e. The fourth-order valence-corrected chi connectivity index (χ4v) is 4.02. The second-order valence-electron chi connectivity index (χ2n) is 6.50. The average Bonchev–Trinajstić information content (AvgIpc) is 2.50. The standard InChI is InChI=1S/C15H23ClO5/c16-7-12(18)20-8-13(19)21-11-15-5-1-3-14(9-15,10-17)4-2-6-15/h17H,1-11H2. The molecule has 0 aliphatic heterocycles. The van der Waals surface area contributed by atoms with Crippen LogP contribution < -0.4 is 0 Å². The Labute approximate surface area is 129 Å². The van der Waals surface area contributed by atoms with E-state index in [0.29, 0.717) is 6.61 Å². The summed E-state index contributed by atoms with van der Waals surface area (Å²) in [6.07, 6.45) is 7.25. The summed E-state index contributed by atoms with van der Waals surface area (Å²) < 4.78 is 9.95. The summed E-state index contributed by atoms with van der Waals surface area (Å²) in [6.45, 7) is 0.189. The van der Waals surface area contributed by atoms with Crippen molar-refractivity contribution in [3.63, 3.8) is 0 Å². The number of carbonyl (C=O) groups is 2. The summed E-state index contributed by atoms with van der Waals surface area (Å²) in [5, 5.41) is 9.68. The predicted octanol–water partition coefficient (Wildman–Crippen LogP) is 2.03. The molecule has 2 saturated carbocycles. The van der Waals surface area contributed by atoms with Gasteiger partial charge in [0, 0.05) is 12.0 Å². The van der Waals surface area contributed by atoms with Gasteiger partial charge in [-0.25, -0.2) is 4.79 Å². The van der Waals surface area contributed by atoms with Gasteiger partial charge in [0.05, 0.1) is 6.61 Å². The van der Waals surface area contributed by atoms with Crippen LogP contribution in [0.1, 0.15) is 44.9 Å². The quantitative estimate of drug-likeness (QED) is 0.599. The number of hydrogen-bond donors (Lipinski definition) is 1. The first-order valence-corrected chi connectivity index (χ1v) is 8.05. The molecule has 2 bridgehead atoms. The number of carbonyl (C=O) groups excluding carboxylic acids is 2. The van der Waals surface area contributed by atoms with Crippen molar-refractivity contribution in [2.45, 2.75) is 44.9 Å². The SMILES string of the molecule is O=C(CCl)OCC(=O)OCC12CCCC(CO)(CCC1)C2. The summed E-state index contributed by atoms with van der Waals surface area (Å²) in [4.78, 5) is 22.5. The maximum absolute atomic E-state index is 11.6. The molecule has 0 radical (unpaired) electrons. The van der Waals surface area contributed by atoms with Crippen molar-refractivity contribution in [3.05, 3.63) is 0 Å². The molecule has 2 rings (SSSR count). The number of aliphatic hydroxyl groups excluding tert-OH is 1. The number of fused-ring (bicyclic) bond motifs is 2. The fraction of sp³-hybridized carbons (Fsp3) is 0.867. The number of hydrogen-bond acceptors (Lipinski definition) is 5. The van der Waals surface area contributed by atoms with E-state index in [1.165, 1.54) is 0 Å². The van der Waals surface area contributed by atoms with Gasteiger partial charge in [0.2, 0.25) is 0 Å². The second kappa shape index (κ2) is 6.97. The van der Waals surface area contributed by atoms with E-state index >= 15 is 0 Å². The van der Waals surface area contributed by atoms with E-state index in [9.17, 15) is 14.7 Å². The van der Waals surface area contributed by atoms with E-state index < -0.39 is 11.9 Å². The molecule has 0 saturated heterocycles. The molecule has 2 aliphatic rings. The highest BCUT2D eigenvalue weighted by Crippen LogP contribution is 2.55. The minimum atomic E-state index is -0.624. The summed E-state index contributed by atoms with van der Waals surface area (Å²) >= 11 is 5.28.